The van der Waals surface area contributed by atoms with Crippen molar-refractivity contribution in [1.29, 1.82) is 0 Å². The average molecular weight is 313 g/mol. The van der Waals surface area contributed by atoms with Gasteiger partial charge in [-0.05, 0) is 12.1 Å². The number of rotatable bonds is 4. The van der Waals surface area contributed by atoms with Crippen LogP contribution in [0.4, 0.5) is 0 Å². The van der Waals surface area contributed by atoms with Crippen LogP contribution in [-0.2, 0) is 11.2 Å². The summed E-state index contributed by atoms with van der Waals surface area (Å²) in [5.41, 5.74) is 3.16. The molecule has 0 radical (unpaired) electrons. The fourth-order valence-electron chi connectivity index (χ4n) is 1.46. The molecule has 20 heavy (non-hydrogen) atoms. The number of hydrogen-bond acceptors (Lipinski definition) is 3. The molecule has 1 heterocycles. The van der Waals surface area contributed by atoms with E-state index in [-0.39, 0.29) is 17.9 Å². The molecule has 0 bridgehead atoms. The fraction of sp³-hybridized carbons (Fsp3) is 0.0833. The van der Waals surface area contributed by atoms with Crippen LogP contribution in [0.3, 0.4) is 0 Å². The Morgan fingerprint density at radius 2 is 2.10 bits per heavy atom. The van der Waals surface area contributed by atoms with Crippen molar-refractivity contribution in [2.24, 2.45) is 5.10 Å². The van der Waals surface area contributed by atoms with Gasteiger partial charge in [-0.1, -0.05) is 29.3 Å². The zero-order valence-electron chi connectivity index (χ0n) is 10.1. The molecule has 1 aromatic heterocycles. The molecule has 0 saturated heterocycles. The molecule has 0 aliphatic rings. The molecular weight excluding hydrogens is 303 g/mol. The molecule has 0 spiro atoms. The highest BCUT2D eigenvalue weighted by molar-refractivity contribution is 6.36. The summed E-state index contributed by atoms with van der Waals surface area (Å²) >= 11 is 11.7. The Morgan fingerprint density at radius 1 is 1.30 bits per heavy atom. The molecule has 1 amide bonds. The lowest BCUT2D eigenvalue weighted by molar-refractivity contribution is -0.120. The second-order valence-electron chi connectivity index (χ2n) is 3.92. The highest BCUT2D eigenvalue weighted by Crippen LogP contribution is 2.19. The van der Waals surface area contributed by atoms with Crippen molar-refractivity contribution < 1.29 is 4.79 Å². The predicted octanol–water partition coefficient (Wildman–Crippen LogP) is 1.70. The number of carbonyl (C=O) groups is 1. The normalized spacial score (nSPS) is 10.9. The van der Waals surface area contributed by atoms with E-state index in [1.165, 1.54) is 12.3 Å². The number of H-pyrrole nitrogens is 2. The molecule has 0 saturated carbocycles. The Hall–Kier alpha value is -2.05. The van der Waals surface area contributed by atoms with Crippen molar-refractivity contribution in [3.8, 4) is 0 Å². The third-order valence-corrected chi connectivity index (χ3v) is 2.92. The number of carbonyl (C=O) groups excluding carboxylic acids is 1. The molecule has 3 N–H and O–H groups in total. The number of benzene rings is 1. The number of aromatic amines is 2. The van der Waals surface area contributed by atoms with E-state index in [2.05, 4.69) is 20.7 Å². The molecule has 2 rings (SSSR count). The number of nitrogens with zero attached hydrogens (tertiary/aromatic N) is 1. The van der Waals surface area contributed by atoms with Crippen molar-refractivity contribution in [3.05, 3.63) is 55.9 Å². The van der Waals surface area contributed by atoms with Crippen LogP contribution in [0.15, 0.2) is 34.2 Å². The maximum atomic E-state index is 11.5. The van der Waals surface area contributed by atoms with Gasteiger partial charge in [0, 0.05) is 22.3 Å². The quantitative estimate of drug-likeness (QED) is 0.592. The number of nitrogens with one attached hydrogen (secondary N) is 3. The first-order valence-corrected chi connectivity index (χ1v) is 6.34. The van der Waals surface area contributed by atoms with Crippen molar-refractivity contribution in [3.63, 3.8) is 0 Å². The average Bonchev–Trinajstić information content (AvgIpc) is 2.77. The summed E-state index contributed by atoms with van der Waals surface area (Å²) in [5, 5.41) is 9.65. The standard InChI is InChI=1S/C12H10Cl2N4O2/c13-8-2-1-7(10(14)3-8)6-15-17-11(19)4-9-5-12(20)18-16-9/h1-3,5-6H,4H2,(H,17,19)(H2,16,18,20)/b15-6-. The molecule has 1 aromatic carbocycles. The van der Waals surface area contributed by atoms with Gasteiger partial charge in [0.1, 0.15) is 0 Å². The SMILES string of the molecule is O=C(Cc1cc(=O)[nH][nH]1)N/N=C\c1ccc(Cl)cc1Cl. The monoisotopic (exact) mass is 312 g/mol. The Bertz CT molecular complexity index is 705. The predicted molar refractivity (Wildman–Crippen MR) is 77.3 cm³/mol. The zero-order valence-corrected chi connectivity index (χ0v) is 11.6. The first-order valence-electron chi connectivity index (χ1n) is 5.58. The first kappa shape index (κ1) is 14.4. The van der Waals surface area contributed by atoms with Gasteiger partial charge in [0.05, 0.1) is 17.7 Å². The molecule has 0 unspecified atom stereocenters. The lowest BCUT2D eigenvalue weighted by atomic mass is 10.2. The third-order valence-electron chi connectivity index (χ3n) is 2.36. The van der Waals surface area contributed by atoms with E-state index in [4.69, 9.17) is 23.2 Å². The summed E-state index contributed by atoms with van der Waals surface area (Å²) in [4.78, 5) is 22.4. The van der Waals surface area contributed by atoms with Crippen LogP contribution < -0.4 is 11.0 Å². The van der Waals surface area contributed by atoms with Gasteiger partial charge in [-0.2, -0.15) is 5.10 Å². The van der Waals surface area contributed by atoms with Gasteiger partial charge < -0.3 is 5.10 Å². The van der Waals surface area contributed by atoms with E-state index in [9.17, 15) is 9.59 Å². The van der Waals surface area contributed by atoms with E-state index in [0.29, 0.717) is 21.3 Å². The topological polar surface area (TPSA) is 90.1 Å². The molecule has 0 fully saturated rings. The summed E-state index contributed by atoms with van der Waals surface area (Å²) in [6.07, 6.45) is 1.43. The van der Waals surface area contributed by atoms with Crippen LogP contribution >= 0.6 is 23.2 Å². The van der Waals surface area contributed by atoms with Crippen LogP contribution in [0, 0.1) is 0 Å². The van der Waals surface area contributed by atoms with E-state index in [1.807, 2.05) is 0 Å². The maximum Gasteiger partial charge on any atom is 0.264 e. The van der Waals surface area contributed by atoms with E-state index >= 15 is 0 Å². The van der Waals surface area contributed by atoms with Gasteiger partial charge in [0.25, 0.3) is 5.56 Å². The van der Waals surface area contributed by atoms with E-state index in [1.54, 1.807) is 18.2 Å². The van der Waals surface area contributed by atoms with Gasteiger partial charge in [-0.3, -0.25) is 14.7 Å². The van der Waals surface area contributed by atoms with Crippen molar-refractivity contribution in [2.45, 2.75) is 6.42 Å². The fourth-order valence-corrected chi connectivity index (χ4v) is 1.92. The van der Waals surface area contributed by atoms with Gasteiger partial charge in [0.15, 0.2) is 0 Å². The minimum absolute atomic E-state index is 0.0183. The smallest absolute Gasteiger partial charge is 0.264 e. The zero-order chi connectivity index (χ0) is 14.5. The van der Waals surface area contributed by atoms with Crippen molar-refractivity contribution in [1.82, 2.24) is 15.6 Å². The lowest BCUT2D eigenvalue weighted by Gasteiger charge is -1.99. The number of amides is 1. The van der Waals surface area contributed by atoms with Gasteiger partial charge >= 0.3 is 0 Å². The molecule has 0 atom stereocenters. The van der Waals surface area contributed by atoms with E-state index in [0.717, 1.165) is 0 Å². The number of aromatic nitrogens is 2. The maximum absolute atomic E-state index is 11.5. The van der Waals surface area contributed by atoms with Crippen LogP contribution in [-0.4, -0.2) is 22.3 Å². The van der Waals surface area contributed by atoms with Crippen molar-refractivity contribution >= 4 is 35.3 Å². The van der Waals surface area contributed by atoms with Crippen LogP contribution in [0.25, 0.3) is 0 Å². The molecular formula is C12H10Cl2N4O2. The summed E-state index contributed by atoms with van der Waals surface area (Å²) in [7, 11) is 0. The van der Waals surface area contributed by atoms with Crippen LogP contribution in [0.1, 0.15) is 11.3 Å². The highest BCUT2D eigenvalue weighted by atomic mass is 35.5. The van der Waals surface area contributed by atoms with Crippen LogP contribution in [0.5, 0.6) is 0 Å². The van der Waals surface area contributed by atoms with Crippen molar-refractivity contribution in [2.75, 3.05) is 0 Å². The Balaban J connectivity index is 1.92. The third kappa shape index (κ3) is 3.97. The Kier molecular flexibility index (Phi) is 4.60. The van der Waals surface area contributed by atoms with Crippen LogP contribution in [0.2, 0.25) is 10.0 Å². The molecule has 0 aliphatic heterocycles. The summed E-state index contributed by atoms with van der Waals surface area (Å²) < 4.78 is 0. The highest BCUT2D eigenvalue weighted by Gasteiger charge is 2.04. The molecule has 2 aromatic rings. The number of halogens is 2. The molecule has 104 valence electrons. The summed E-state index contributed by atoms with van der Waals surface area (Å²) in [6, 6.07) is 6.24. The number of hydrazone groups is 1. The van der Waals surface area contributed by atoms with Gasteiger partial charge in [-0.15, -0.1) is 0 Å². The Morgan fingerprint density at radius 3 is 2.75 bits per heavy atom. The first-order chi connectivity index (χ1) is 9.54. The molecule has 0 aliphatic carbocycles. The molecule has 6 nitrogen and oxygen atoms in total. The van der Waals surface area contributed by atoms with Gasteiger partial charge in [-0.25, -0.2) is 5.43 Å². The van der Waals surface area contributed by atoms with Gasteiger partial charge in [0.2, 0.25) is 5.91 Å². The largest absolute Gasteiger partial charge is 0.302 e. The molecule has 8 heteroatoms. The second-order valence-corrected chi connectivity index (χ2v) is 4.76. The lowest BCUT2D eigenvalue weighted by Crippen LogP contribution is -2.20. The Labute approximate surface area is 123 Å². The minimum Gasteiger partial charge on any atom is -0.302 e. The summed E-state index contributed by atoms with van der Waals surface area (Å²) in [6.45, 7) is 0. The second kappa shape index (κ2) is 6.40. The minimum atomic E-state index is -0.360. The summed E-state index contributed by atoms with van der Waals surface area (Å²) in [5.74, 6) is -0.360. The number of hydrogen-bond donors (Lipinski definition) is 3. The van der Waals surface area contributed by atoms with E-state index < -0.39 is 0 Å².